The maximum atomic E-state index is 13.7. The van der Waals surface area contributed by atoms with Crippen LogP contribution in [-0.2, 0) is 14.8 Å². The topological polar surface area (TPSA) is 97.3 Å². The molecular formula is C38H51N3O5S. The van der Waals surface area contributed by atoms with Crippen LogP contribution in [0, 0.1) is 13.8 Å². The number of ether oxygens (including phenoxy) is 2. The van der Waals surface area contributed by atoms with E-state index < -0.39 is 10.0 Å². The first kappa shape index (κ1) is 36.0. The molecular weight excluding hydrogens is 611 g/mol. The molecule has 1 aliphatic rings. The van der Waals surface area contributed by atoms with E-state index in [1.165, 1.54) is 55.7 Å². The number of hydrogen-bond donors (Lipinski definition) is 1. The molecule has 0 atom stereocenters. The molecule has 254 valence electrons. The third kappa shape index (κ3) is 10.8. The lowest BCUT2D eigenvalue weighted by atomic mass is 10.1. The van der Waals surface area contributed by atoms with Gasteiger partial charge >= 0.3 is 0 Å². The highest BCUT2D eigenvalue weighted by Crippen LogP contribution is 2.33. The van der Waals surface area contributed by atoms with Gasteiger partial charge in [-0.3, -0.25) is 9.10 Å². The SMILES string of the molecule is CCCCCCCCCCCCOc1ccccc1NC(=O)CC1=Nc2ccccc2S(=O)(=O)N1CCCOc1ccc(C)cc1C. The minimum atomic E-state index is -3.90. The number of amidine groups is 1. The van der Waals surface area contributed by atoms with Gasteiger partial charge < -0.3 is 14.8 Å². The fourth-order valence-electron chi connectivity index (χ4n) is 5.75. The highest BCUT2D eigenvalue weighted by atomic mass is 32.2. The molecule has 0 aliphatic carbocycles. The zero-order valence-corrected chi connectivity index (χ0v) is 29.1. The molecule has 0 saturated heterocycles. The molecule has 0 radical (unpaired) electrons. The van der Waals surface area contributed by atoms with Crippen molar-refractivity contribution in [2.45, 2.75) is 103 Å². The van der Waals surface area contributed by atoms with Gasteiger partial charge in [-0.05, 0) is 56.2 Å². The molecule has 0 unspecified atom stereocenters. The first-order valence-corrected chi connectivity index (χ1v) is 18.6. The van der Waals surface area contributed by atoms with Crippen molar-refractivity contribution in [3.8, 4) is 11.5 Å². The molecule has 9 heteroatoms. The first-order chi connectivity index (χ1) is 22.8. The number of aryl methyl sites for hydroxylation is 2. The van der Waals surface area contributed by atoms with Crippen molar-refractivity contribution in [1.29, 1.82) is 0 Å². The Balaban J connectivity index is 1.32. The Labute approximate surface area is 281 Å². The van der Waals surface area contributed by atoms with Crippen molar-refractivity contribution in [2.24, 2.45) is 4.99 Å². The highest BCUT2D eigenvalue weighted by molar-refractivity contribution is 7.90. The molecule has 1 aliphatic heterocycles. The summed E-state index contributed by atoms with van der Waals surface area (Å²) in [6.45, 7) is 7.28. The van der Waals surface area contributed by atoms with Gasteiger partial charge in [-0.15, -0.1) is 0 Å². The Morgan fingerprint density at radius 2 is 1.40 bits per heavy atom. The van der Waals surface area contributed by atoms with E-state index >= 15 is 0 Å². The maximum Gasteiger partial charge on any atom is 0.267 e. The first-order valence-electron chi connectivity index (χ1n) is 17.2. The third-order valence-corrected chi connectivity index (χ3v) is 10.2. The van der Waals surface area contributed by atoms with E-state index in [1.54, 1.807) is 30.3 Å². The lowest BCUT2D eigenvalue weighted by Gasteiger charge is -2.29. The number of anilines is 1. The van der Waals surface area contributed by atoms with Gasteiger partial charge in [-0.1, -0.05) is 107 Å². The molecule has 1 heterocycles. The molecule has 3 aromatic rings. The Kier molecular flexibility index (Phi) is 14.2. The van der Waals surface area contributed by atoms with Crippen molar-refractivity contribution < 1.29 is 22.7 Å². The number of carbonyl (C=O) groups is 1. The summed E-state index contributed by atoms with van der Waals surface area (Å²) >= 11 is 0. The van der Waals surface area contributed by atoms with Gasteiger partial charge in [-0.25, -0.2) is 13.4 Å². The predicted molar refractivity (Wildman–Crippen MR) is 190 cm³/mol. The average molecular weight is 662 g/mol. The largest absolute Gasteiger partial charge is 0.493 e. The van der Waals surface area contributed by atoms with E-state index in [9.17, 15) is 13.2 Å². The molecule has 0 aromatic heterocycles. The van der Waals surface area contributed by atoms with Gasteiger partial charge in [0.05, 0.1) is 31.0 Å². The van der Waals surface area contributed by atoms with Crippen LogP contribution in [0.25, 0.3) is 0 Å². The van der Waals surface area contributed by atoms with Crippen molar-refractivity contribution in [1.82, 2.24) is 4.31 Å². The Hall–Kier alpha value is -3.85. The predicted octanol–water partition coefficient (Wildman–Crippen LogP) is 9.14. The standard InChI is InChI=1S/C38H51N3O5S/c1-4-5-6-7-8-9-10-11-12-17-26-46-35-21-15-13-19-32(35)40-38(42)29-37-39-33-20-14-16-22-36(33)47(43,44)41(37)25-18-27-45-34-24-23-30(2)28-31(34)3/h13-16,19-24,28H,4-12,17-18,25-27,29H2,1-3H3,(H,40,42). The van der Waals surface area contributed by atoms with Gasteiger partial charge in [0.2, 0.25) is 5.91 Å². The van der Waals surface area contributed by atoms with Crippen LogP contribution in [0.1, 0.15) is 95.1 Å². The number of carbonyl (C=O) groups excluding carboxylic acids is 1. The zero-order valence-electron chi connectivity index (χ0n) is 28.3. The molecule has 8 nitrogen and oxygen atoms in total. The average Bonchev–Trinajstić information content (AvgIpc) is 3.04. The molecule has 1 amide bonds. The number of rotatable bonds is 20. The smallest absolute Gasteiger partial charge is 0.267 e. The second kappa shape index (κ2) is 18.5. The van der Waals surface area contributed by atoms with E-state index in [1.807, 2.05) is 50.2 Å². The maximum absolute atomic E-state index is 13.7. The molecule has 0 bridgehead atoms. The summed E-state index contributed by atoms with van der Waals surface area (Å²) < 4.78 is 40.7. The number of hydrogen-bond acceptors (Lipinski definition) is 6. The molecule has 0 spiro atoms. The molecule has 3 aromatic carbocycles. The summed E-state index contributed by atoms with van der Waals surface area (Å²) in [6, 6.07) is 19.9. The molecule has 0 fully saturated rings. The van der Waals surface area contributed by atoms with Crippen LogP contribution in [0.5, 0.6) is 11.5 Å². The molecule has 47 heavy (non-hydrogen) atoms. The molecule has 4 rings (SSSR count). The van der Waals surface area contributed by atoms with E-state index in [0.29, 0.717) is 36.8 Å². The normalized spacial score (nSPS) is 13.5. The van der Waals surface area contributed by atoms with Crippen molar-refractivity contribution in [2.75, 3.05) is 25.1 Å². The van der Waals surface area contributed by atoms with Gasteiger partial charge in [0, 0.05) is 13.0 Å². The number of nitrogens with one attached hydrogen (secondary N) is 1. The van der Waals surface area contributed by atoms with Crippen molar-refractivity contribution >= 4 is 33.1 Å². The summed E-state index contributed by atoms with van der Waals surface area (Å²) in [5, 5.41) is 2.93. The van der Waals surface area contributed by atoms with Crippen molar-refractivity contribution in [3.63, 3.8) is 0 Å². The van der Waals surface area contributed by atoms with Gasteiger partial charge in [0.15, 0.2) is 0 Å². The number of amides is 1. The minimum Gasteiger partial charge on any atom is -0.493 e. The van der Waals surface area contributed by atoms with E-state index in [-0.39, 0.29) is 29.6 Å². The summed E-state index contributed by atoms with van der Waals surface area (Å²) in [5.41, 5.74) is 3.06. The van der Waals surface area contributed by atoms with Crippen LogP contribution in [0.3, 0.4) is 0 Å². The lowest BCUT2D eigenvalue weighted by Crippen LogP contribution is -2.41. The number of fused-ring (bicyclic) bond motifs is 1. The van der Waals surface area contributed by atoms with Gasteiger partial charge in [-0.2, -0.15) is 0 Å². The summed E-state index contributed by atoms with van der Waals surface area (Å²) in [7, 11) is -3.90. The zero-order chi connectivity index (χ0) is 33.5. The van der Waals surface area contributed by atoms with Gasteiger partial charge in [0.1, 0.15) is 22.2 Å². The molecule has 1 N–H and O–H groups in total. The fraction of sp³-hybridized carbons (Fsp3) is 0.474. The second-order valence-corrected chi connectivity index (χ2v) is 14.1. The molecule has 0 saturated carbocycles. The second-order valence-electron chi connectivity index (χ2n) is 12.3. The van der Waals surface area contributed by atoms with Crippen LogP contribution < -0.4 is 14.8 Å². The summed E-state index contributed by atoms with van der Waals surface area (Å²) in [5.74, 6) is 1.17. The monoisotopic (exact) mass is 661 g/mol. The van der Waals surface area contributed by atoms with E-state index in [2.05, 4.69) is 17.2 Å². The van der Waals surface area contributed by atoms with Crippen LogP contribution in [0.15, 0.2) is 76.6 Å². The van der Waals surface area contributed by atoms with Crippen LogP contribution in [-0.4, -0.2) is 44.2 Å². The Morgan fingerprint density at radius 1 is 0.766 bits per heavy atom. The fourth-order valence-corrected chi connectivity index (χ4v) is 7.37. The van der Waals surface area contributed by atoms with Crippen LogP contribution in [0.2, 0.25) is 0 Å². The Bertz CT molecular complexity index is 1590. The number of unbranched alkanes of at least 4 members (excludes halogenated alkanes) is 9. The van der Waals surface area contributed by atoms with E-state index in [0.717, 1.165) is 29.7 Å². The number of para-hydroxylation sites is 3. The number of sulfonamides is 1. The Morgan fingerprint density at radius 3 is 2.15 bits per heavy atom. The summed E-state index contributed by atoms with van der Waals surface area (Å²) in [6.07, 6.45) is 12.7. The minimum absolute atomic E-state index is 0.130. The third-order valence-electron chi connectivity index (χ3n) is 8.30. The quantitative estimate of drug-likeness (QED) is 0.122. The van der Waals surface area contributed by atoms with Crippen molar-refractivity contribution in [3.05, 3.63) is 77.9 Å². The lowest BCUT2D eigenvalue weighted by molar-refractivity contribution is -0.115. The number of aliphatic imine (C=N–C) groups is 1. The van der Waals surface area contributed by atoms with E-state index in [4.69, 9.17) is 9.47 Å². The van der Waals surface area contributed by atoms with Crippen LogP contribution in [0.4, 0.5) is 11.4 Å². The number of benzene rings is 3. The summed E-state index contributed by atoms with van der Waals surface area (Å²) in [4.78, 5) is 18.1. The number of nitrogens with zero attached hydrogens (tertiary/aromatic N) is 2. The highest BCUT2D eigenvalue weighted by Gasteiger charge is 2.34. The van der Waals surface area contributed by atoms with Crippen LogP contribution >= 0.6 is 0 Å². The van der Waals surface area contributed by atoms with Gasteiger partial charge in [0.25, 0.3) is 10.0 Å².